The standard InChI is InChI=1S/C16H22N4O2/c1-2-19-9-7-16(8-10-19)14(21)20(15(22)18-16)11-12-3-5-13(17)6-4-12/h3-6H,2,7-11,17H2,1H3,(H,18,22). The van der Waals surface area contributed by atoms with Gasteiger partial charge in [0.05, 0.1) is 6.54 Å². The minimum Gasteiger partial charge on any atom is -0.399 e. The van der Waals surface area contributed by atoms with Gasteiger partial charge in [0.15, 0.2) is 0 Å². The first kappa shape index (κ1) is 14.8. The monoisotopic (exact) mass is 302 g/mol. The van der Waals surface area contributed by atoms with Crippen LogP contribution >= 0.6 is 0 Å². The van der Waals surface area contributed by atoms with Crippen molar-refractivity contribution in [2.24, 2.45) is 0 Å². The lowest BCUT2D eigenvalue weighted by Gasteiger charge is -2.36. The van der Waals surface area contributed by atoms with Crippen molar-refractivity contribution in [3.05, 3.63) is 29.8 Å². The topological polar surface area (TPSA) is 78.7 Å². The molecule has 2 heterocycles. The maximum Gasteiger partial charge on any atom is 0.325 e. The number of likely N-dealkylation sites (tertiary alicyclic amines) is 1. The Morgan fingerprint density at radius 1 is 1.18 bits per heavy atom. The van der Waals surface area contributed by atoms with Crippen molar-refractivity contribution in [2.45, 2.75) is 31.8 Å². The van der Waals surface area contributed by atoms with Crippen molar-refractivity contribution in [2.75, 3.05) is 25.4 Å². The molecule has 0 radical (unpaired) electrons. The van der Waals surface area contributed by atoms with Crippen LogP contribution in [0.15, 0.2) is 24.3 Å². The zero-order valence-corrected chi connectivity index (χ0v) is 12.8. The fraction of sp³-hybridized carbons (Fsp3) is 0.500. The number of imide groups is 1. The number of rotatable bonds is 3. The van der Waals surface area contributed by atoms with E-state index in [1.54, 1.807) is 12.1 Å². The van der Waals surface area contributed by atoms with E-state index in [0.717, 1.165) is 25.2 Å². The highest BCUT2D eigenvalue weighted by Gasteiger charge is 2.51. The number of hydrogen-bond donors (Lipinski definition) is 2. The Morgan fingerprint density at radius 3 is 2.41 bits per heavy atom. The molecule has 6 heteroatoms. The minimum atomic E-state index is -0.698. The lowest BCUT2D eigenvalue weighted by molar-refractivity contribution is -0.133. The maximum absolute atomic E-state index is 12.8. The first-order valence-corrected chi connectivity index (χ1v) is 7.75. The minimum absolute atomic E-state index is 0.0925. The highest BCUT2D eigenvalue weighted by atomic mass is 16.2. The van der Waals surface area contributed by atoms with Crippen molar-refractivity contribution in [1.29, 1.82) is 0 Å². The molecule has 2 saturated heterocycles. The van der Waals surface area contributed by atoms with Crippen LogP contribution in [0.4, 0.5) is 10.5 Å². The Kier molecular flexibility index (Phi) is 3.78. The average molecular weight is 302 g/mol. The molecule has 0 unspecified atom stereocenters. The molecular weight excluding hydrogens is 280 g/mol. The summed E-state index contributed by atoms with van der Waals surface area (Å²) in [6, 6.07) is 6.97. The molecule has 0 saturated carbocycles. The highest BCUT2D eigenvalue weighted by Crippen LogP contribution is 2.30. The van der Waals surface area contributed by atoms with Crippen LogP contribution < -0.4 is 11.1 Å². The van der Waals surface area contributed by atoms with Gasteiger partial charge in [-0.3, -0.25) is 9.69 Å². The lowest BCUT2D eigenvalue weighted by Crippen LogP contribution is -2.54. The van der Waals surface area contributed by atoms with Crippen LogP contribution in [0.1, 0.15) is 25.3 Å². The highest BCUT2D eigenvalue weighted by molar-refractivity contribution is 6.07. The Morgan fingerprint density at radius 2 is 1.82 bits per heavy atom. The van der Waals surface area contributed by atoms with Crippen molar-refractivity contribution in [1.82, 2.24) is 15.1 Å². The zero-order chi connectivity index (χ0) is 15.7. The second-order valence-corrected chi connectivity index (χ2v) is 6.08. The summed E-state index contributed by atoms with van der Waals surface area (Å²) in [6.45, 7) is 5.08. The van der Waals surface area contributed by atoms with E-state index < -0.39 is 5.54 Å². The molecule has 6 nitrogen and oxygen atoms in total. The Hall–Kier alpha value is -2.08. The first-order valence-electron chi connectivity index (χ1n) is 7.75. The largest absolute Gasteiger partial charge is 0.399 e. The van der Waals surface area contributed by atoms with Crippen molar-refractivity contribution in [3.63, 3.8) is 0 Å². The van der Waals surface area contributed by atoms with E-state index in [0.29, 0.717) is 25.1 Å². The smallest absolute Gasteiger partial charge is 0.325 e. The molecule has 0 bridgehead atoms. The predicted octanol–water partition coefficient (Wildman–Crippen LogP) is 1.18. The van der Waals surface area contributed by atoms with E-state index in [9.17, 15) is 9.59 Å². The summed E-state index contributed by atoms with van der Waals surface area (Å²) in [5.74, 6) is -0.0925. The van der Waals surface area contributed by atoms with Gasteiger partial charge in [0, 0.05) is 18.8 Å². The van der Waals surface area contributed by atoms with E-state index in [1.807, 2.05) is 12.1 Å². The van der Waals surface area contributed by atoms with Gasteiger partial charge in [0.1, 0.15) is 5.54 Å². The Labute approximate surface area is 130 Å². The van der Waals surface area contributed by atoms with Crippen LogP contribution in [0.5, 0.6) is 0 Å². The van der Waals surface area contributed by atoms with Gasteiger partial charge < -0.3 is 16.0 Å². The number of nitrogen functional groups attached to an aromatic ring is 1. The number of hydrogen-bond acceptors (Lipinski definition) is 4. The van der Waals surface area contributed by atoms with Gasteiger partial charge in [-0.2, -0.15) is 0 Å². The van der Waals surface area contributed by atoms with Crippen LogP contribution in [0.25, 0.3) is 0 Å². The number of benzene rings is 1. The molecule has 1 aromatic carbocycles. The van der Waals surface area contributed by atoms with E-state index >= 15 is 0 Å². The second kappa shape index (κ2) is 5.61. The molecule has 3 rings (SSSR count). The summed E-state index contributed by atoms with van der Waals surface area (Å²) >= 11 is 0. The SMILES string of the molecule is CCN1CCC2(CC1)NC(=O)N(Cc1ccc(N)cc1)C2=O. The van der Waals surface area contributed by atoms with Gasteiger partial charge in [-0.15, -0.1) is 0 Å². The van der Waals surface area contributed by atoms with Gasteiger partial charge in [-0.05, 0) is 37.1 Å². The Bertz CT molecular complexity index is 576. The normalized spacial score (nSPS) is 21.4. The summed E-state index contributed by atoms with van der Waals surface area (Å²) in [5.41, 5.74) is 6.54. The van der Waals surface area contributed by atoms with Crippen LogP contribution in [-0.4, -0.2) is 46.9 Å². The van der Waals surface area contributed by atoms with Gasteiger partial charge in [0.25, 0.3) is 5.91 Å². The predicted molar refractivity (Wildman–Crippen MR) is 84.0 cm³/mol. The molecule has 2 fully saturated rings. The zero-order valence-electron chi connectivity index (χ0n) is 12.8. The second-order valence-electron chi connectivity index (χ2n) is 6.08. The number of carbonyl (C=O) groups is 2. The van der Waals surface area contributed by atoms with E-state index in [2.05, 4.69) is 17.1 Å². The fourth-order valence-electron chi connectivity index (χ4n) is 3.22. The average Bonchev–Trinajstić information content (AvgIpc) is 2.75. The van der Waals surface area contributed by atoms with Crippen molar-refractivity contribution >= 4 is 17.6 Å². The number of amides is 3. The molecule has 3 N–H and O–H groups in total. The lowest BCUT2D eigenvalue weighted by atomic mass is 9.87. The number of urea groups is 1. The molecule has 0 atom stereocenters. The molecule has 118 valence electrons. The first-order chi connectivity index (χ1) is 10.5. The Balaban J connectivity index is 1.73. The molecule has 0 aliphatic carbocycles. The van der Waals surface area contributed by atoms with E-state index in [1.165, 1.54) is 4.90 Å². The van der Waals surface area contributed by atoms with Crippen LogP contribution in [0.3, 0.4) is 0 Å². The number of nitrogens with two attached hydrogens (primary N) is 1. The summed E-state index contributed by atoms with van der Waals surface area (Å²) in [4.78, 5) is 28.6. The number of nitrogens with zero attached hydrogens (tertiary/aromatic N) is 2. The summed E-state index contributed by atoms with van der Waals surface area (Å²) < 4.78 is 0. The third kappa shape index (κ3) is 2.54. The van der Waals surface area contributed by atoms with Gasteiger partial charge in [-0.25, -0.2) is 4.79 Å². The fourth-order valence-corrected chi connectivity index (χ4v) is 3.22. The molecule has 2 aliphatic rings. The number of anilines is 1. The third-order valence-electron chi connectivity index (χ3n) is 4.72. The van der Waals surface area contributed by atoms with E-state index in [-0.39, 0.29) is 11.9 Å². The van der Waals surface area contributed by atoms with Crippen molar-refractivity contribution < 1.29 is 9.59 Å². The van der Waals surface area contributed by atoms with Crippen molar-refractivity contribution in [3.8, 4) is 0 Å². The van der Waals surface area contributed by atoms with Crippen LogP contribution in [-0.2, 0) is 11.3 Å². The molecule has 2 aliphatic heterocycles. The van der Waals surface area contributed by atoms with Crippen LogP contribution in [0.2, 0.25) is 0 Å². The number of carbonyl (C=O) groups excluding carboxylic acids is 2. The number of nitrogens with one attached hydrogen (secondary N) is 1. The quantitative estimate of drug-likeness (QED) is 0.649. The molecule has 0 aromatic heterocycles. The van der Waals surface area contributed by atoms with Gasteiger partial charge >= 0.3 is 6.03 Å². The molecule has 3 amide bonds. The molecule has 1 spiro atoms. The maximum atomic E-state index is 12.8. The van der Waals surface area contributed by atoms with Gasteiger partial charge in [-0.1, -0.05) is 19.1 Å². The van der Waals surface area contributed by atoms with Crippen LogP contribution in [0, 0.1) is 0 Å². The summed E-state index contributed by atoms with van der Waals surface area (Å²) in [7, 11) is 0. The summed E-state index contributed by atoms with van der Waals surface area (Å²) in [5, 5.41) is 2.93. The molecular formula is C16H22N4O2. The van der Waals surface area contributed by atoms with E-state index in [4.69, 9.17) is 5.73 Å². The number of piperidine rings is 1. The molecule has 22 heavy (non-hydrogen) atoms. The third-order valence-corrected chi connectivity index (χ3v) is 4.72. The summed E-state index contributed by atoms with van der Waals surface area (Å²) in [6.07, 6.45) is 1.37. The van der Waals surface area contributed by atoms with Gasteiger partial charge in [0.2, 0.25) is 0 Å². The molecule has 1 aromatic rings.